The number of hydrogen-bond acceptors (Lipinski definition) is 3. The van der Waals surface area contributed by atoms with Crippen molar-refractivity contribution in [3.8, 4) is 0 Å². The third-order valence-corrected chi connectivity index (χ3v) is 5.96. The van der Waals surface area contributed by atoms with Gasteiger partial charge in [-0.1, -0.05) is 59.1 Å². The molecule has 2 aromatic carbocycles. The summed E-state index contributed by atoms with van der Waals surface area (Å²) in [5.74, 6) is 0.678. The molecule has 2 rings (SSSR count). The predicted molar refractivity (Wildman–Crippen MR) is 118 cm³/mol. The first-order chi connectivity index (χ1) is 13.3. The van der Waals surface area contributed by atoms with E-state index in [0.29, 0.717) is 10.0 Å². The summed E-state index contributed by atoms with van der Waals surface area (Å²) in [6.45, 7) is 4.00. The van der Waals surface area contributed by atoms with Gasteiger partial charge in [0, 0.05) is 29.4 Å². The number of likely N-dealkylation sites (N-methyl/N-ethyl adjacent to an activating group) is 1. The molecule has 0 saturated heterocycles. The molecule has 0 unspecified atom stereocenters. The lowest BCUT2D eigenvalue weighted by Crippen LogP contribution is -2.47. The van der Waals surface area contributed by atoms with E-state index >= 15 is 0 Å². The smallest absolute Gasteiger partial charge is 0.242 e. The van der Waals surface area contributed by atoms with Crippen molar-refractivity contribution in [2.45, 2.75) is 32.2 Å². The molecular weight excluding hydrogens is 415 g/mol. The van der Waals surface area contributed by atoms with Gasteiger partial charge in [-0.05, 0) is 37.1 Å². The Hall–Kier alpha value is -1.69. The van der Waals surface area contributed by atoms with E-state index in [1.165, 1.54) is 17.3 Å². The minimum Gasteiger partial charge on any atom is -0.357 e. The van der Waals surface area contributed by atoms with Crippen LogP contribution in [-0.4, -0.2) is 35.6 Å². The first kappa shape index (κ1) is 22.6. The molecule has 150 valence electrons. The van der Waals surface area contributed by atoms with Gasteiger partial charge < -0.3 is 10.2 Å². The Morgan fingerprint density at radius 3 is 2.43 bits per heavy atom. The number of carbonyl (C=O) groups is 2. The van der Waals surface area contributed by atoms with Crippen LogP contribution < -0.4 is 5.32 Å². The van der Waals surface area contributed by atoms with Gasteiger partial charge in [0.1, 0.15) is 6.04 Å². The first-order valence-electron chi connectivity index (χ1n) is 8.90. The van der Waals surface area contributed by atoms with Gasteiger partial charge in [0.25, 0.3) is 0 Å². The Bertz CT molecular complexity index is 828. The van der Waals surface area contributed by atoms with Crippen molar-refractivity contribution in [2.24, 2.45) is 0 Å². The van der Waals surface area contributed by atoms with Crippen LogP contribution in [0.25, 0.3) is 0 Å². The van der Waals surface area contributed by atoms with Crippen molar-refractivity contribution in [3.63, 3.8) is 0 Å². The van der Waals surface area contributed by atoms with Crippen molar-refractivity contribution in [1.29, 1.82) is 0 Å². The number of hydrogen-bond donors (Lipinski definition) is 1. The zero-order valence-corrected chi connectivity index (χ0v) is 18.5. The number of nitrogens with zero attached hydrogens (tertiary/aromatic N) is 1. The van der Waals surface area contributed by atoms with Crippen molar-refractivity contribution in [1.82, 2.24) is 10.2 Å². The van der Waals surface area contributed by atoms with Crippen LogP contribution in [0.2, 0.25) is 10.0 Å². The summed E-state index contributed by atoms with van der Waals surface area (Å²) in [6.07, 6.45) is 0. The van der Waals surface area contributed by atoms with Crippen LogP contribution in [-0.2, 0) is 21.9 Å². The van der Waals surface area contributed by atoms with E-state index in [1.807, 2.05) is 6.92 Å². The second kappa shape index (κ2) is 10.7. The average Bonchev–Trinajstić information content (AvgIpc) is 2.67. The number of thioether (sulfide) groups is 1. The Morgan fingerprint density at radius 2 is 1.82 bits per heavy atom. The van der Waals surface area contributed by atoms with Gasteiger partial charge in [-0.15, -0.1) is 11.8 Å². The number of benzene rings is 2. The minimum absolute atomic E-state index is 0.112. The number of halogens is 2. The molecule has 0 heterocycles. The van der Waals surface area contributed by atoms with Gasteiger partial charge >= 0.3 is 0 Å². The van der Waals surface area contributed by atoms with Crippen LogP contribution in [0.15, 0.2) is 42.5 Å². The molecular formula is C21H24Cl2N2O2S. The number of nitrogens with one attached hydrogen (secondary N) is 1. The highest BCUT2D eigenvalue weighted by Crippen LogP contribution is 2.24. The molecule has 0 aliphatic carbocycles. The lowest BCUT2D eigenvalue weighted by atomic mass is 10.1. The highest BCUT2D eigenvalue weighted by Gasteiger charge is 2.26. The van der Waals surface area contributed by atoms with Crippen molar-refractivity contribution < 1.29 is 9.59 Å². The zero-order chi connectivity index (χ0) is 20.7. The molecule has 2 aromatic rings. The van der Waals surface area contributed by atoms with E-state index in [0.717, 1.165) is 16.9 Å². The Morgan fingerprint density at radius 1 is 1.14 bits per heavy atom. The molecule has 0 aliphatic rings. The third-order valence-electron chi connectivity index (χ3n) is 4.38. The van der Waals surface area contributed by atoms with Crippen LogP contribution in [0, 0.1) is 6.92 Å². The summed E-state index contributed by atoms with van der Waals surface area (Å²) in [7, 11) is 1.56. The van der Waals surface area contributed by atoms with E-state index in [-0.39, 0.29) is 24.1 Å². The summed E-state index contributed by atoms with van der Waals surface area (Å²) >= 11 is 13.7. The predicted octanol–water partition coefficient (Wildman–Crippen LogP) is 4.70. The van der Waals surface area contributed by atoms with Gasteiger partial charge in [0.2, 0.25) is 11.8 Å². The highest BCUT2D eigenvalue weighted by molar-refractivity contribution is 7.99. The zero-order valence-electron chi connectivity index (χ0n) is 16.2. The van der Waals surface area contributed by atoms with E-state index in [1.54, 1.807) is 37.1 Å². The Kier molecular flexibility index (Phi) is 8.67. The summed E-state index contributed by atoms with van der Waals surface area (Å²) in [5, 5.41) is 3.60. The lowest BCUT2D eigenvalue weighted by molar-refractivity contribution is -0.138. The van der Waals surface area contributed by atoms with Gasteiger partial charge in [-0.25, -0.2) is 0 Å². The van der Waals surface area contributed by atoms with Crippen LogP contribution in [0.3, 0.4) is 0 Å². The molecule has 0 aromatic heterocycles. The largest absolute Gasteiger partial charge is 0.357 e. The number of rotatable bonds is 8. The normalized spacial score (nSPS) is 11.8. The summed E-state index contributed by atoms with van der Waals surface area (Å²) in [5.41, 5.74) is 3.11. The molecule has 4 nitrogen and oxygen atoms in total. The van der Waals surface area contributed by atoms with Crippen LogP contribution in [0.1, 0.15) is 23.6 Å². The van der Waals surface area contributed by atoms with Crippen molar-refractivity contribution >= 4 is 46.8 Å². The van der Waals surface area contributed by atoms with E-state index in [4.69, 9.17) is 23.2 Å². The van der Waals surface area contributed by atoms with Crippen molar-refractivity contribution in [3.05, 3.63) is 69.2 Å². The second-order valence-electron chi connectivity index (χ2n) is 6.53. The topological polar surface area (TPSA) is 49.4 Å². The van der Waals surface area contributed by atoms with Crippen LogP contribution in [0.4, 0.5) is 0 Å². The second-order valence-corrected chi connectivity index (χ2v) is 8.36. The minimum atomic E-state index is -0.607. The molecule has 1 N–H and O–H groups in total. The lowest BCUT2D eigenvalue weighted by Gasteiger charge is -2.28. The fraction of sp³-hybridized carbons (Fsp3) is 0.333. The number of amides is 2. The van der Waals surface area contributed by atoms with Crippen molar-refractivity contribution in [2.75, 3.05) is 12.8 Å². The Balaban J connectivity index is 2.07. The van der Waals surface area contributed by atoms with E-state index in [9.17, 15) is 9.59 Å². The summed E-state index contributed by atoms with van der Waals surface area (Å²) < 4.78 is 0. The fourth-order valence-electron chi connectivity index (χ4n) is 2.65. The SMILES string of the molecule is CNC(=O)[C@H](C)N(Cc1ccc(Cl)cc1Cl)C(=O)CSCc1ccc(C)cc1. The standard InChI is InChI=1S/C21H24Cl2N2O2S/c1-14-4-6-16(7-5-14)12-28-13-20(26)25(15(2)21(27)24-3)11-17-8-9-18(22)10-19(17)23/h4-10,15H,11-13H2,1-3H3,(H,24,27)/t15-/m0/s1. The first-order valence-corrected chi connectivity index (χ1v) is 10.8. The molecule has 0 saturated carbocycles. The van der Waals surface area contributed by atoms with Gasteiger partial charge in [-0.3, -0.25) is 9.59 Å². The molecule has 28 heavy (non-hydrogen) atoms. The summed E-state index contributed by atoms with van der Waals surface area (Å²) in [6, 6.07) is 12.8. The fourth-order valence-corrected chi connectivity index (χ4v) is 3.99. The van der Waals surface area contributed by atoms with Gasteiger partial charge in [0.15, 0.2) is 0 Å². The molecule has 0 bridgehead atoms. The maximum atomic E-state index is 12.9. The molecule has 0 radical (unpaired) electrons. The third kappa shape index (κ3) is 6.43. The quantitative estimate of drug-likeness (QED) is 0.649. The average molecular weight is 439 g/mol. The number of carbonyl (C=O) groups excluding carboxylic acids is 2. The monoisotopic (exact) mass is 438 g/mol. The van der Waals surface area contributed by atoms with Gasteiger partial charge in [-0.2, -0.15) is 0 Å². The number of aryl methyl sites for hydroxylation is 1. The van der Waals surface area contributed by atoms with E-state index in [2.05, 4.69) is 29.6 Å². The maximum Gasteiger partial charge on any atom is 0.242 e. The molecule has 0 aliphatic heterocycles. The highest BCUT2D eigenvalue weighted by atomic mass is 35.5. The summed E-state index contributed by atoms with van der Waals surface area (Å²) in [4.78, 5) is 26.6. The Labute approximate surface area is 180 Å². The van der Waals surface area contributed by atoms with Crippen LogP contribution in [0.5, 0.6) is 0 Å². The maximum absolute atomic E-state index is 12.9. The van der Waals surface area contributed by atoms with Gasteiger partial charge in [0.05, 0.1) is 5.75 Å². The van der Waals surface area contributed by atoms with Crippen LogP contribution >= 0.6 is 35.0 Å². The molecule has 1 atom stereocenters. The molecule has 0 spiro atoms. The molecule has 7 heteroatoms. The van der Waals surface area contributed by atoms with E-state index < -0.39 is 6.04 Å². The molecule has 2 amide bonds. The molecule has 0 fully saturated rings.